The first-order valence-corrected chi connectivity index (χ1v) is 6.25. The molecule has 0 spiro atoms. The summed E-state index contributed by atoms with van der Waals surface area (Å²) >= 11 is 0. The van der Waals surface area contributed by atoms with Gasteiger partial charge in [0.25, 0.3) is 0 Å². The van der Waals surface area contributed by atoms with Gasteiger partial charge in [0.1, 0.15) is 0 Å². The molecule has 0 bridgehead atoms. The van der Waals surface area contributed by atoms with Gasteiger partial charge in [-0.3, -0.25) is 0 Å². The molecular formula is C12H24N2. The Hall–Kier alpha value is -0.0800. The summed E-state index contributed by atoms with van der Waals surface area (Å²) in [5, 5.41) is 7.37. The van der Waals surface area contributed by atoms with E-state index in [2.05, 4.69) is 24.5 Å². The van der Waals surface area contributed by atoms with Crippen molar-refractivity contribution in [3.63, 3.8) is 0 Å². The van der Waals surface area contributed by atoms with Crippen LogP contribution in [0, 0.1) is 5.92 Å². The highest BCUT2D eigenvalue weighted by Crippen LogP contribution is 2.26. The van der Waals surface area contributed by atoms with Crippen LogP contribution >= 0.6 is 0 Å². The van der Waals surface area contributed by atoms with E-state index >= 15 is 0 Å². The second kappa shape index (κ2) is 4.63. The quantitative estimate of drug-likeness (QED) is 0.705. The van der Waals surface area contributed by atoms with Crippen molar-refractivity contribution in [3.8, 4) is 0 Å². The number of hydrogen-bond donors (Lipinski definition) is 2. The number of hydrogen-bond acceptors (Lipinski definition) is 2. The normalized spacial score (nSPS) is 44.1. The minimum absolute atomic E-state index is 0.706. The van der Waals surface area contributed by atoms with Gasteiger partial charge in [0.2, 0.25) is 0 Å². The van der Waals surface area contributed by atoms with Gasteiger partial charge >= 0.3 is 0 Å². The SMILES string of the molecule is CC1CC(NC2CCCC2C)CCN1. The van der Waals surface area contributed by atoms with E-state index in [-0.39, 0.29) is 0 Å². The van der Waals surface area contributed by atoms with Gasteiger partial charge in [-0.15, -0.1) is 0 Å². The Bertz CT molecular complexity index is 181. The third-order valence-electron chi connectivity index (χ3n) is 3.93. The van der Waals surface area contributed by atoms with E-state index in [9.17, 15) is 0 Å². The van der Waals surface area contributed by atoms with E-state index in [1.54, 1.807) is 0 Å². The summed E-state index contributed by atoms with van der Waals surface area (Å²) in [4.78, 5) is 0. The third-order valence-corrected chi connectivity index (χ3v) is 3.93. The maximum Gasteiger partial charge on any atom is 0.00965 e. The molecule has 0 aromatic carbocycles. The Kier molecular flexibility index (Phi) is 3.45. The van der Waals surface area contributed by atoms with E-state index in [0.717, 1.165) is 18.0 Å². The van der Waals surface area contributed by atoms with Gasteiger partial charge in [0.15, 0.2) is 0 Å². The summed E-state index contributed by atoms with van der Waals surface area (Å²) in [6.07, 6.45) is 6.88. The van der Waals surface area contributed by atoms with Gasteiger partial charge < -0.3 is 10.6 Å². The lowest BCUT2D eigenvalue weighted by Gasteiger charge is -2.32. The highest BCUT2D eigenvalue weighted by molar-refractivity contribution is 4.87. The molecule has 1 aliphatic carbocycles. The number of nitrogens with one attached hydrogen (secondary N) is 2. The first-order valence-electron chi connectivity index (χ1n) is 6.25. The van der Waals surface area contributed by atoms with Crippen LogP contribution in [0.3, 0.4) is 0 Å². The highest BCUT2D eigenvalue weighted by Gasteiger charge is 2.27. The predicted molar refractivity (Wildman–Crippen MR) is 60.4 cm³/mol. The summed E-state index contributed by atoms with van der Waals surface area (Å²) in [5.74, 6) is 0.903. The van der Waals surface area contributed by atoms with Crippen LogP contribution in [0.2, 0.25) is 0 Å². The zero-order valence-corrected chi connectivity index (χ0v) is 9.55. The largest absolute Gasteiger partial charge is 0.314 e. The molecule has 0 amide bonds. The monoisotopic (exact) mass is 196 g/mol. The van der Waals surface area contributed by atoms with E-state index < -0.39 is 0 Å². The average Bonchev–Trinajstić information content (AvgIpc) is 2.52. The van der Waals surface area contributed by atoms with Crippen LogP contribution in [0.15, 0.2) is 0 Å². The van der Waals surface area contributed by atoms with Gasteiger partial charge in [0.05, 0.1) is 0 Å². The van der Waals surface area contributed by atoms with Crippen molar-refractivity contribution in [1.29, 1.82) is 0 Å². The zero-order valence-electron chi connectivity index (χ0n) is 9.55. The number of rotatable bonds is 2. The molecule has 2 fully saturated rings. The molecule has 0 aromatic rings. The molecule has 2 N–H and O–H groups in total. The molecule has 2 nitrogen and oxygen atoms in total. The Morgan fingerprint density at radius 1 is 1.14 bits per heavy atom. The third kappa shape index (κ3) is 2.48. The van der Waals surface area contributed by atoms with Crippen LogP contribution in [-0.2, 0) is 0 Å². The van der Waals surface area contributed by atoms with E-state index in [4.69, 9.17) is 0 Å². The summed E-state index contributed by atoms with van der Waals surface area (Å²) in [6, 6.07) is 2.29. The van der Waals surface area contributed by atoms with Gasteiger partial charge in [-0.05, 0) is 45.1 Å². The lowest BCUT2D eigenvalue weighted by Crippen LogP contribution is -2.48. The predicted octanol–water partition coefficient (Wildman–Crippen LogP) is 1.91. The van der Waals surface area contributed by atoms with Crippen LogP contribution in [0.5, 0.6) is 0 Å². The smallest absolute Gasteiger partial charge is 0.00965 e. The minimum Gasteiger partial charge on any atom is -0.314 e. The molecule has 1 saturated carbocycles. The second-order valence-electron chi connectivity index (χ2n) is 5.26. The Balaban J connectivity index is 1.78. The maximum atomic E-state index is 3.86. The molecule has 2 rings (SSSR count). The van der Waals surface area contributed by atoms with Crippen molar-refractivity contribution in [2.24, 2.45) is 5.92 Å². The summed E-state index contributed by atoms with van der Waals surface area (Å²) in [6.45, 7) is 5.89. The molecular weight excluding hydrogens is 172 g/mol. The topological polar surface area (TPSA) is 24.1 Å². The van der Waals surface area contributed by atoms with E-state index in [1.807, 2.05) is 0 Å². The summed E-state index contributed by atoms with van der Waals surface area (Å²) in [7, 11) is 0. The van der Waals surface area contributed by atoms with Gasteiger partial charge in [-0.2, -0.15) is 0 Å². The molecule has 82 valence electrons. The molecule has 1 heterocycles. The van der Waals surface area contributed by atoms with Crippen LogP contribution in [0.4, 0.5) is 0 Å². The highest BCUT2D eigenvalue weighted by atomic mass is 15.0. The van der Waals surface area contributed by atoms with Crippen molar-refractivity contribution in [2.75, 3.05) is 6.54 Å². The van der Waals surface area contributed by atoms with Crippen LogP contribution in [-0.4, -0.2) is 24.7 Å². The molecule has 2 aliphatic rings. The van der Waals surface area contributed by atoms with Gasteiger partial charge in [-0.25, -0.2) is 0 Å². The number of piperidine rings is 1. The van der Waals surface area contributed by atoms with Crippen molar-refractivity contribution in [2.45, 2.75) is 64.1 Å². The van der Waals surface area contributed by atoms with Crippen molar-refractivity contribution in [3.05, 3.63) is 0 Å². The summed E-state index contributed by atoms with van der Waals surface area (Å²) < 4.78 is 0. The summed E-state index contributed by atoms with van der Waals surface area (Å²) in [5.41, 5.74) is 0. The Morgan fingerprint density at radius 2 is 2.00 bits per heavy atom. The fraction of sp³-hybridized carbons (Fsp3) is 1.00. The average molecular weight is 196 g/mol. The van der Waals surface area contributed by atoms with Crippen molar-refractivity contribution in [1.82, 2.24) is 10.6 Å². The van der Waals surface area contributed by atoms with E-state index in [1.165, 1.54) is 38.6 Å². The fourth-order valence-corrected chi connectivity index (χ4v) is 2.98. The van der Waals surface area contributed by atoms with Crippen LogP contribution in [0.25, 0.3) is 0 Å². The second-order valence-corrected chi connectivity index (χ2v) is 5.26. The standard InChI is InChI=1S/C12H24N2/c1-9-4-3-5-12(9)14-11-6-7-13-10(2)8-11/h9-14H,3-8H2,1-2H3. The molecule has 1 aliphatic heterocycles. The molecule has 4 unspecified atom stereocenters. The molecule has 2 heteroatoms. The zero-order chi connectivity index (χ0) is 9.97. The first kappa shape index (κ1) is 10.4. The fourth-order valence-electron chi connectivity index (χ4n) is 2.98. The molecule has 1 saturated heterocycles. The van der Waals surface area contributed by atoms with Gasteiger partial charge in [-0.1, -0.05) is 13.3 Å². The first-order chi connectivity index (χ1) is 6.75. The minimum atomic E-state index is 0.706. The van der Waals surface area contributed by atoms with Crippen LogP contribution in [0.1, 0.15) is 46.0 Å². The van der Waals surface area contributed by atoms with Crippen molar-refractivity contribution < 1.29 is 0 Å². The molecule has 0 radical (unpaired) electrons. The lowest BCUT2D eigenvalue weighted by molar-refractivity contribution is 0.286. The lowest BCUT2D eigenvalue weighted by atomic mass is 9.97. The van der Waals surface area contributed by atoms with Crippen LogP contribution < -0.4 is 10.6 Å². The maximum absolute atomic E-state index is 3.86. The van der Waals surface area contributed by atoms with Crippen molar-refractivity contribution >= 4 is 0 Å². The molecule has 0 aromatic heterocycles. The Morgan fingerprint density at radius 3 is 2.64 bits per heavy atom. The molecule has 14 heavy (non-hydrogen) atoms. The van der Waals surface area contributed by atoms with Gasteiger partial charge in [0, 0.05) is 18.1 Å². The molecule has 4 atom stereocenters. The van der Waals surface area contributed by atoms with E-state index in [0.29, 0.717) is 6.04 Å². The Labute approximate surface area is 87.8 Å².